The molecule has 0 unspecified atom stereocenters. The Bertz CT molecular complexity index is 2470. The van der Waals surface area contributed by atoms with Crippen LogP contribution in [0.5, 0.6) is 11.5 Å². The number of aromatic hydroxyl groups is 1. The first-order chi connectivity index (χ1) is 30.0. The third-order valence-corrected chi connectivity index (χ3v) is 18.0. The Balaban J connectivity index is 0.883. The first-order valence-electron chi connectivity index (χ1n) is 21.8. The molecule has 0 radical (unpaired) electrons. The highest BCUT2D eigenvalue weighted by Gasteiger charge is 2.47. The summed E-state index contributed by atoms with van der Waals surface area (Å²) in [5, 5.41) is 21.1. The predicted molar refractivity (Wildman–Crippen MR) is 253 cm³/mol. The molecule has 2 amide bonds. The molecule has 1 saturated carbocycles. The number of H-pyrrole nitrogens is 1. The van der Waals surface area contributed by atoms with Crippen LogP contribution in [0.2, 0.25) is 23.2 Å². The Morgan fingerprint density at radius 1 is 0.952 bits per heavy atom. The molecule has 7 rings (SSSR count). The Morgan fingerprint density at radius 3 is 2.38 bits per heavy atom. The van der Waals surface area contributed by atoms with Crippen molar-refractivity contribution in [3.63, 3.8) is 0 Å². The van der Waals surface area contributed by atoms with Crippen LogP contribution in [0.1, 0.15) is 70.1 Å². The number of fused-ring (bicyclic) bond motifs is 1. The van der Waals surface area contributed by atoms with Crippen molar-refractivity contribution in [3.05, 3.63) is 117 Å². The lowest BCUT2D eigenvalue weighted by Crippen LogP contribution is -2.50. The van der Waals surface area contributed by atoms with E-state index >= 15 is 0 Å². The number of hydrogen-bond donors (Lipinski definition) is 5. The molecule has 0 bridgehead atoms. The number of phenolic OH excluding ortho intramolecular Hbond substituents is 1. The fourth-order valence-corrected chi connectivity index (χ4v) is 10.0. The molecule has 1 saturated heterocycles. The van der Waals surface area contributed by atoms with Gasteiger partial charge < -0.3 is 39.5 Å². The Hall–Kier alpha value is -5.18. The molecule has 334 valence electrons. The predicted octanol–water partition coefficient (Wildman–Crippen LogP) is 10.2. The molecular weight excluding hydrogens is 834 g/mol. The number of aromatic amines is 1. The number of carbonyl (C=O) groups excluding carboxylic acids is 2. The standard InChI is InChI=1S/C49H60ClN5O7Si/c1-48(2,3)63(5,6)62-43(36-16-18-41(56)46-37(36)17-19-44(57)54-46)31-51-30-33-26-38(50)40(27-42(33)60-4)52-45(58)20-23-55-24-21-49(22-25-55)28-34(29-49)61-47(59)53-39-15-11-10-14-35(39)32-12-8-7-9-13-32/h7-19,26-27,34,43,51,56H,20-25,28-31H2,1-6H3,(H,52,58)(H,53,59)(H,54,57)/t43-/m0/s1. The van der Waals surface area contributed by atoms with Crippen molar-refractivity contribution in [3.8, 4) is 22.6 Å². The average Bonchev–Trinajstić information content (AvgIpc) is 3.23. The summed E-state index contributed by atoms with van der Waals surface area (Å²) in [7, 11) is -0.684. The van der Waals surface area contributed by atoms with Crippen LogP contribution in [0.15, 0.2) is 95.8 Å². The third-order valence-electron chi connectivity index (χ3n) is 13.2. The fourth-order valence-electron chi connectivity index (χ4n) is 8.52. The van der Waals surface area contributed by atoms with Crippen LogP contribution in [0, 0.1) is 5.41 Å². The van der Waals surface area contributed by atoms with Crippen LogP contribution in [0.3, 0.4) is 0 Å². The van der Waals surface area contributed by atoms with E-state index in [2.05, 4.69) is 59.7 Å². The Labute approximate surface area is 375 Å². The molecule has 14 heteroatoms. The lowest BCUT2D eigenvalue weighted by Gasteiger charge is -2.51. The molecule has 1 atom stereocenters. The van der Waals surface area contributed by atoms with Gasteiger partial charge in [-0.2, -0.15) is 0 Å². The van der Waals surface area contributed by atoms with Crippen LogP contribution in [-0.2, 0) is 20.5 Å². The monoisotopic (exact) mass is 893 g/mol. The largest absolute Gasteiger partial charge is 0.506 e. The van der Waals surface area contributed by atoms with Gasteiger partial charge in [-0.25, -0.2) is 4.79 Å². The maximum Gasteiger partial charge on any atom is 0.411 e. The maximum absolute atomic E-state index is 13.2. The summed E-state index contributed by atoms with van der Waals surface area (Å²) in [4.78, 5) is 43.3. The number of pyridine rings is 1. The molecule has 4 aromatic carbocycles. The van der Waals surface area contributed by atoms with Crippen LogP contribution in [0.4, 0.5) is 16.2 Å². The van der Waals surface area contributed by atoms with Crippen LogP contribution < -0.4 is 26.2 Å². The number of phenols is 1. The van der Waals surface area contributed by atoms with Gasteiger partial charge in [0.2, 0.25) is 11.5 Å². The first-order valence-corrected chi connectivity index (χ1v) is 25.1. The number of nitrogens with one attached hydrogen (secondary N) is 4. The van der Waals surface area contributed by atoms with Crippen molar-refractivity contribution < 1.29 is 28.6 Å². The maximum atomic E-state index is 13.2. The molecule has 1 aromatic heterocycles. The average molecular weight is 895 g/mol. The molecule has 2 fully saturated rings. The van der Waals surface area contributed by atoms with E-state index in [1.165, 1.54) is 6.07 Å². The van der Waals surface area contributed by atoms with E-state index in [4.69, 9.17) is 25.5 Å². The molecule has 12 nitrogen and oxygen atoms in total. The van der Waals surface area contributed by atoms with E-state index in [1.807, 2.05) is 60.7 Å². The van der Waals surface area contributed by atoms with E-state index in [0.717, 1.165) is 66.7 Å². The van der Waals surface area contributed by atoms with E-state index in [-0.39, 0.29) is 33.8 Å². The topological polar surface area (TPSA) is 154 Å². The van der Waals surface area contributed by atoms with E-state index in [0.29, 0.717) is 53.4 Å². The molecule has 5 N–H and O–H groups in total. The van der Waals surface area contributed by atoms with E-state index in [9.17, 15) is 19.5 Å². The smallest absolute Gasteiger partial charge is 0.411 e. The van der Waals surface area contributed by atoms with Gasteiger partial charge in [0.05, 0.1) is 35.1 Å². The number of benzene rings is 4. The van der Waals surface area contributed by atoms with Crippen molar-refractivity contribution in [2.24, 2.45) is 5.41 Å². The number of ether oxygens (including phenoxy) is 2. The van der Waals surface area contributed by atoms with Gasteiger partial charge in [0.1, 0.15) is 17.6 Å². The third kappa shape index (κ3) is 11.0. The van der Waals surface area contributed by atoms with Gasteiger partial charge in [0.25, 0.3) is 0 Å². The number of piperidine rings is 1. The summed E-state index contributed by atoms with van der Waals surface area (Å²) < 4.78 is 18.6. The number of amides is 2. The highest BCUT2D eigenvalue weighted by Crippen LogP contribution is 2.50. The Kier molecular flexibility index (Phi) is 14.0. The summed E-state index contributed by atoms with van der Waals surface area (Å²) in [6, 6.07) is 27.9. The minimum Gasteiger partial charge on any atom is -0.506 e. The number of carbonyl (C=O) groups is 2. The number of rotatable bonds is 15. The molecule has 2 heterocycles. The van der Waals surface area contributed by atoms with Gasteiger partial charge >= 0.3 is 6.09 Å². The van der Waals surface area contributed by atoms with Crippen molar-refractivity contribution >= 4 is 54.2 Å². The van der Waals surface area contributed by atoms with Crippen molar-refractivity contribution in [2.75, 3.05) is 43.9 Å². The minimum absolute atomic E-state index is 0.00231. The second-order valence-corrected chi connectivity index (χ2v) is 23.7. The molecule has 1 aliphatic carbocycles. The van der Waals surface area contributed by atoms with Gasteiger partial charge in [0.15, 0.2) is 8.32 Å². The summed E-state index contributed by atoms with van der Waals surface area (Å²) in [5.41, 5.74) is 5.10. The Morgan fingerprint density at radius 2 is 1.67 bits per heavy atom. The summed E-state index contributed by atoms with van der Waals surface area (Å²) in [6.45, 7) is 14.2. The number of likely N-dealkylation sites (tertiary alicyclic amines) is 1. The second kappa shape index (κ2) is 19.3. The summed E-state index contributed by atoms with van der Waals surface area (Å²) >= 11 is 6.77. The number of halogens is 1. The summed E-state index contributed by atoms with van der Waals surface area (Å²) in [5.74, 6) is 0.447. The zero-order valence-electron chi connectivity index (χ0n) is 37.1. The van der Waals surface area contributed by atoms with Gasteiger partial charge in [-0.15, -0.1) is 0 Å². The fraction of sp³-hybridized carbons (Fsp3) is 0.408. The second-order valence-electron chi connectivity index (χ2n) is 18.5. The number of anilines is 2. The molecule has 1 spiro atoms. The molecule has 63 heavy (non-hydrogen) atoms. The lowest BCUT2D eigenvalue weighted by molar-refractivity contribution is -0.116. The zero-order chi connectivity index (χ0) is 44.9. The van der Waals surface area contributed by atoms with Gasteiger partial charge in [-0.3, -0.25) is 14.9 Å². The number of aromatic nitrogens is 1. The van der Waals surface area contributed by atoms with Gasteiger partial charge in [-0.05, 0) is 97.7 Å². The molecule has 2 aliphatic rings. The first kappa shape index (κ1) is 45.8. The number of methoxy groups -OCH3 is 1. The van der Waals surface area contributed by atoms with Crippen molar-refractivity contribution in [2.45, 2.75) is 89.8 Å². The quantitative estimate of drug-likeness (QED) is 0.0646. The molecule has 1 aliphatic heterocycles. The SMILES string of the molecule is COc1cc(NC(=O)CCN2CCC3(CC2)CC(OC(=O)Nc2ccccc2-c2ccccc2)C3)c(Cl)cc1CNC[C@H](O[Si](C)(C)C(C)(C)C)c1ccc(O)c2[nH]c(=O)ccc12. The lowest BCUT2D eigenvalue weighted by atomic mass is 9.61. The highest BCUT2D eigenvalue weighted by molar-refractivity contribution is 6.74. The number of hydrogen-bond acceptors (Lipinski definition) is 9. The molecular formula is C49H60ClN5O7Si. The van der Waals surface area contributed by atoms with E-state index < -0.39 is 20.5 Å². The highest BCUT2D eigenvalue weighted by atomic mass is 35.5. The van der Waals surface area contributed by atoms with Crippen LogP contribution >= 0.6 is 11.6 Å². The minimum atomic E-state index is -2.27. The van der Waals surface area contributed by atoms with E-state index in [1.54, 1.807) is 31.4 Å². The van der Waals surface area contributed by atoms with Crippen molar-refractivity contribution in [1.82, 2.24) is 15.2 Å². The zero-order valence-corrected chi connectivity index (χ0v) is 38.9. The molecule has 5 aromatic rings. The van der Waals surface area contributed by atoms with Gasteiger partial charge in [-0.1, -0.05) is 87.0 Å². The van der Waals surface area contributed by atoms with Crippen LogP contribution in [0.25, 0.3) is 22.0 Å². The number of para-hydroxylation sites is 1. The normalized spacial score (nSPS) is 16.0. The number of nitrogens with zero attached hydrogens (tertiary/aromatic N) is 1. The summed E-state index contributed by atoms with van der Waals surface area (Å²) in [6.07, 6.45) is 3.11. The van der Waals surface area contributed by atoms with Gasteiger partial charge in [0, 0.05) is 54.7 Å². The van der Waals surface area contributed by atoms with Crippen molar-refractivity contribution in [1.29, 1.82) is 0 Å². The van der Waals surface area contributed by atoms with Crippen LogP contribution in [-0.4, -0.2) is 74.7 Å².